The molecule has 0 unspecified atom stereocenters. The van der Waals surface area contributed by atoms with Crippen LogP contribution < -0.4 is 10.9 Å². The number of hydrogen-bond donors (Lipinski definition) is 2. The number of carbonyl (C=O) groups is 1. The fourth-order valence-electron chi connectivity index (χ4n) is 3.61. The van der Waals surface area contributed by atoms with E-state index in [4.69, 9.17) is 4.98 Å². The lowest BCUT2D eigenvalue weighted by Crippen LogP contribution is -2.19. The predicted octanol–water partition coefficient (Wildman–Crippen LogP) is 3.58. The Hall–Kier alpha value is -3.94. The van der Waals surface area contributed by atoms with Gasteiger partial charge in [0.1, 0.15) is 11.3 Å². The van der Waals surface area contributed by atoms with Gasteiger partial charge in [0, 0.05) is 36.3 Å². The summed E-state index contributed by atoms with van der Waals surface area (Å²) in [6, 6.07) is 11.8. The van der Waals surface area contributed by atoms with E-state index in [2.05, 4.69) is 10.4 Å². The van der Waals surface area contributed by atoms with Crippen molar-refractivity contribution >= 4 is 17.3 Å². The summed E-state index contributed by atoms with van der Waals surface area (Å²) >= 11 is 0. The van der Waals surface area contributed by atoms with Crippen molar-refractivity contribution < 1.29 is 9.90 Å². The van der Waals surface area contributed by atoms with Crippen LogP contribution in [0.25, 0.3) is 17.0 Å². The average molecular weight is 417 g/mol. The molecule has 0 fully saturated rings. The zero-order chi connectivity index (χ0) is 22.3. The molecule has 3 aromatic heterocycles. The first-order valence-corrected chi connectivity index (χ1v) is 9.88. The maximum Gasteiger partial charge on any atom is 0.337 e. The Kier molecular flexibility index (Phi) is 5.06. The Morgan fingerprint density at radius 1 is 1.13 bits per heavy atom. The Morgan fingerprint density at radius 2 is 1.87 bits per heavy atom. The van der Waals surface area contributed by atoms with Crippen LogP contribution in [0.2, 0.25) is 0 Å². The second kappa shape index (κ2) is 7.71. The fourth-order valence-corrected chi connectivity index (χ4v) is 3.61. The summed E-state index contributed by atoms with van der Waals surface area (Å²) in [6.45, 7) is 5.76. The molecule has 4 rings (SSSR count). The van der Waals surface area contributed by atoms with Gasteiger partial charge in [-0.25, -0.2) is 9.78 Å². The average Bonchev–Trinajstić information content (AvgIpc) is 3.06. The van der Waals surface area contributed by atoms with E-state index in [1.54, 1.807) is 35.1 Å². The van der Waals surface area contributed by atoms with Crippen molar-refractivity contribution in [1.29, 1.82) is 0 Å². The molecule has 1 aromatic carbocycles. The van der Waals surface area contributed by atoms with Crippen LogP contribution in [0.3, 0.4) is 0 Å². The number of rotatable bonds is 5. The zero-order valence-electron chi connectivity index (χ0n) is 17.7. The zero-order valence-corrected chi connectivity index (χ0v) is 17.7. The maximum absolute atomic E-state index is 12.9. The number of para-hydroxylation sites is 1. The van der Waals surface area contributed by atoms with Crippen LogP contribution in [0.15, 0.2) is 53.5 Å². The number of aromatic carboxylic acids is 1. The van der Waals surface area contributed by atoms with E-state index < -0.39 is 5.97 Å². The minimum absolute atomic E-state index is 0.182. The van der Waals surface area contributed by atoms with Crippen LogP contribution in [0, 0.1) is 13.8 Å². The molecule has 4 aromatic rings. The number of fused-ring (bicyclic) bond motifs is 1. The number of hydrogen-bond acceptors (Lipinski definition) is 5. The first-order chi connectivity index (χ1) is 14.7. The smallest absolute Gasteiger partial charge is 0.337 e. The lowest BCUT2D eigenvalue weighted by molar-refractivity contribution is 0.0698. The van der Waals surface area contributed by atoms with Gasteiger partial charge in [-0.15, -0.1) is 0 Å². The van der Waals surface area contributed by atoms with Crippen LogP contribution in [0.1, 0.15) is 40.1 Å². The van der Waals surface area contributed by atoms with Crippen molar-refractivity contribution in [2.24, 2.45) is 7.05 Å². The van der Waals surface area contributed by atoms with Crippen molar-refractivity contribution in [3.63, 3.8) is 0 Å². The summed E-state index contributed by atoms with van der Waals surface area (Å²) in [5.41, 5.74) is 4.75. The van der Waals surface area contributed by atoms with E-state index in [-0.39, 0.29) is 17.2 Å². The SMILES string of the molecule is Cc1cc([C@@H](C)Nc2ccccc2C(=O)O)c2nc(-c3cc(C)n(C)n3)cc(=O)n2c1. The molecule has 8 nitrogen and oxygen atoms in total. The van der Waals surface area contributed by atoms with Crippen molar-refractivity contribution in [2.45, 2.75) is 26.8 Å². The van der Waals surface area contributed by atoms with Gasteiger partial charge in [0.2, 0.25) is 0 Å². The lowest BCUT2D eigenvalue weighted by atomic mass is 10.1. The van der Waals surface area contributed by atoms with Crippen molar-refractivity contribution in [3.05, 3.63) is 81.4 Å². The molecule has 158 valence electrons. The molecule has 31 heavy (non-hydrogen) atoms. The number of nitrogens with zero attached hydrogens (tertiary/aromatic N) is 4. The monoisotopic (exact) mass is 417 g/mol. The highest BCUT2D eigenvalue weighted by Gasteiger charge is 2.18. The van der Waals surface area contributed by atoms with Gasteiger partial charge >= 0.3 is 5.97 Å². The Labute approximate surface area is 178 Å². The molecule has 1 atom stereocenters. The summed E-state index contributed by atoms with van der Waals surface area (Å²) in [5, 5.41) is 17.2. The molecule has 0 aliphatic carbocycles. The molecule has 3 heterocycles. The van der Waals surface area contributed by atoms with Gasteiger partial charge in [-0.2, -0.15) is 5.10 Å². The highest BCUT2D eigenvalue weighted by atomic mass is 16.4. The van der Waals surface area contributed by atoms with Crippen LogP contribution in [0.4, 0.5) is 5.69 Å². The molecular formula is C23H23N5O3. The number of aromatic nitrogens is 4. The number of anilines is 1. The van der Waals surface area contributed by atoms with E-state index in [0.717, 1.165) is 16.8 Å². The van der Waals surface area contributed by atoms with Gasteiger partial charge in [-0.1, -0.05) is 12.1 Å². The molecule has 0 amide bonds. The lowest BCUT2D eigenvalue weighted by Gasteiger charge is -2.19. The number of aryl methyl sites for hydroxylation is 3. The second-order valence-corrected chi connectivity index (χ2v) is 7.66. The van der Waals surface area contributed by atoms with E-state index in [1.165, 1.54) is 10.5 Å². The summed E-state index contributed by atoms with van der Waals surface area (Å²) in [7, 11) is 1.84. The van der Waals surface area contributed by atoms with Crippen LogP contribution >= 0.6 is 0 Å². The van der Waals surface area contributed by atoms with E-state index in [9.17, 15) is 14.7 Å². The third-order valence-corrected chi connectivity index (χ3v) is 5.30. The molecular weight excluding hydrogens is 394 g/mol. The van der Waals surface area contributed by atoms with E-state index >= 15 is 0 Å². The fraction of sp³-hybridized carbons (Fsp3) is 0.217. The number of benzene rings is 1. The van der Waals surface area contributed by atoms with Crippen molar-refractivity contribution in [1.82, 2.24) is 19.2 Å². The maximum atomic E-state index is 12.9. The van der Waals surface area contributed by atoms with E-state index in [0.29, 0.717) is 22.7 Å². The standard InChI is InChI=1S/C23H23N5O3/c1-13-9-17(15(3)24-18-8-6-5-7-16(18)23(30)31)22-25-19(11-21(29)28(22)12-13)20-10-14(2)27(4)26-20/h5-12,15,24H,1-4H3,(H,30,31)/t15-/m1/s1. The molecule has 8 heteroatoms. The molecule has 0 saturated heterocycles. The number of carboxylic acid groups (broad SMARTS) is 1. The Morgan fingerprint density at radius 3 is 2.55 bits per heavy atom. The summed E-state index contributed by atoms with van der Waals surface area (Å²) in [4.78, 5) is 29.2. The highest BCUT2D eigenvalue weighted by molar-refractivity contribution is 5.94. The normalized spacial score (nSPS) is 12.1. The quantitative estimate of drug-likeness (QED) is 0.515. The van der Waals surface area contributed by atoms with Gasteiger partial charge in [0.05, 0.1) is 17.3 Å². The molecule has 0 saturated carbocycles. The molecule has 2 N–H and O–H groups in total. The van der Waals surface area contributed by atoms with Gasteiger partial charge in [0.25, 0.3) is 5.56 Å². The predicted molar refractivity (Wildman–Crippen MR) is 119 cm³/mol. The number of pyridine rings is 1. The molecule has 0 aliphatic heterocycles. The van der Waals surface area contributed by atoms with Gasteiger partial charge < -0.3 is 10.4 Å². The van der Waals surface area contributed by atoms with Gasteiger partial charge in [-0.3, -0.25) is 13.9 Å². The Balaban J connectivity index is 1.85. The molecule has 0 aliphatic rings. The van der Waals surface area contributed by atoms with Crippen LogP contribution in [-0.2, 0) is 7.05 Å². The first kappa shape index (κ1) is 20.3. The number of carboxylic acids is 1. The van der Waals surface area contributed by atoms with Crippen LogP contribution in [0.5, 0.6) is 0 Å². The topological polar surface area (TPSA) is 102 Å². The van der Waals surface area contributed by atoms with E-state index in [1.807, 2.05) is 40.0 Å². The first-order valence-electron chi connectivity index (χ1n) is 9.88. The minimum Gasteiger partial charge on any atom is -0.478 e. The van der Waals surface area contributed by atoms with Gasteiger partial charge in [-0.05, 0) is 50.6 Å². The van der Waals surface area contributed by atoms with Crippen molar-refractivity contribution in [2.75, 3.05) is 5.32 Å². The van der Waals surface area contributed by atoms with Gasteiger partial charge in [0.15, 0.2) is 0 Å². The summed E-state index contributed by atoms with van der Waals surface area (Å²) in [5.74, 6) is -1.01. The summed E-state index contributed by atoms with van der Waals surface area (Å²) < 4.78 is 3.26. The number of nitrogens with one attached hydrogen (secondary N) is 1. The highest BCUT2D eigenvalue weighted by Crippen LogP contribution is 2.26. The summed E-state index contributed by atoms with van der Waals surface area (Å²) in [6.07, 6.45) is 1.75. The minimum atomic E-state index is -1.01. The Bertz CT molecular complexity index is 1350. The third kappa shape index (κ3) is 3.79. The molecule has 0 bridgehead atoms. The third-order valence-electron chi connectivity index (χ3n) is 5.30. The van der Waals surface area contributed by atoms with Crippen molar-refractivity contribution in [3.8, 4) is 11.4 Å². The second-order valence-electron chi connectivity index (χ2n) is 7.66. The molecule has 0 radical (unpaired) electrons. The molecule has 0 spiro atoms. The largest absolute Gasteiger partial charge is 0.478 e. The van der Waals surface area contributed by atoms with Crippen LogP contribution in [-0.4, -0.2) is 30.2 Å².